The Morgan fingerprint density at radius 3 is 2.37 bits per heavy atom. The predicted octanol–water partition coefficient (Wildman–Crippen LogP) is 4.34. The number of esters is 1. The molecule has 5 nitrogen and oxygen atoms in total. The first-order valence-corrected chi connectivity index (χ1v) is 8.80. The summed E-state index contributed by atoms with van der Waals surface area (Å²) in [5.74, 6) is -1.00. The van der Waals surface area contributed by atoms with Gasteiger partial charge in [-0.25, -0.2) is 9.78 Å². The Morgan fingerprint density at radius 2 is 1.67 bits per heavy atom. The summed E-state index contributed by atoms with van der Waals surface area (Å²) < 4.78 is 5.31. The van der Waals surface area contributed by atoms with Gasteiger partial charge in [0.1, 0.15) is 5.69 Å². The minimum Gasteiger partial charge on any atom is -0.448 e. The number of carbonyl (C=O) groups excluding carboxylic acids is 2. The lowest BCUT2D eigenvalue weighted by Gasteiger charge is -2.16. The van der Waals surface area contributed by atoms with Crippen LogP contribution in [0.25, 0.3) is 10.9 Å². The average Bonchev–Trinajstić information content (AvgIpc) is 2.63. The number of pyridine rings is 1. The topological polar surface area (TPSA) is 68.3 Å². The van der Waals surface area contributed by atoms with Crippen LogP contribution in [0.1, 0.15) is 34.1 Å². The number of ether oxygens (including phenoxy) is 1. The summed E-state index contributed by atoms with van der Waals surface area (Å²) in [7, 11) is 0. The summed E-state index contributed by atoms with van der Waals surface area (Å²) in [6, 6.07) is 14.9. The van der Waals surface area contributed by atoms with Gasteiger partial charge in [-0.1, -0.05) is 42.0 Å². The predicted molar refractivity (Wildman–Crippen MR) is 106 cm³/mol. The molecule has 3 rings (SSSR count). The monoisotopic (exact) mass is 362 g/mol. The van der Waals surface area contributed by atoms with Gasteiger partial charge in [-0.15, -0.1) is 0 Å². The zero-order chi connectivity index (χ0) is 19.6. The molecule has 0 aliphatic heterocycles. The zero-order valence-corrected chi connectivity index (χ0v) is 15.9. The van der Waals surface area contributed by atoms with Crippen molar-refractivity contribution in [2.45, 2.75) is 33.8 Å². The molecule has 0 aliphatic rings. The third kappa shape index (κ3) is 4.14. The van der Waals surface area contributed by atoms with E-state index in [-0.39, 0.29) is 11.6 Å². The van der Waals surface area contributed by atoms with E-state index in [1.807, 2.05) is 63.2 Å². The Bertz CT molecular complexity index is 1000. The van der Waals surface area contributed by atoms with E-state index in [0.29, 0.717) is 5.52 Å². The maximum absolute atomic E-state index is 12.5. The molecule has 0 bridgehead atoms. The van der Waals surface area contributed by atoms with Gasteiger partial charge in [-0.05, 0) is 51.0 Å². The second-order valence-electron chi connectivity index (χ2n) is 6.70. The highest BCUT2D eigenvalue weighted by Crippen LogP contribution is 2.22. The van der Waals surface area contributed by atoms with Crippen molar-refractivity contribution in [1.82, 2.24) is 4.98 Å². The van der Waals surface area contributed by atoms with Crippen LogP contribution in [0.4, 0.5) is 5.69 Å². The number of hydrogen-bond acceptors (Lipinski definition) is 4. The van der Waals surface area contributed by atoms with Crippen LogP contribution in [0, 0.1) is 20.8 Å². The number of nitrogens with zero attached hydrogens (tertiary/aromatic N) is 1. The summed E-state index contributed by atoms with van der Waals surface area (Å²) in [5.41, 5.74) is 4.69. The van der Waals surface area contributed by atoms with Crippen LogP contribution in [0.3, 0.4) is 0 Å². The number of aromatic nitrogens is 1. The van der Waals surface area contributed by atoms with E-state index in [2.05, 4.69) is 10.3 Å². The molecule has 27 heavy (non-hydrogen) atoms. The Balaban J connectivity index is 1.71. The van der Waals surface area contributed by atoms with Crippen LogP contribution in [0.5, 0.6) is 0 Å². The lowest BCUT2D eigenvalue weighted by molar-refractivity contribution is -0.123. The van der Waals surface area contributed by atoms with Gasteiger partial charge in [-0.3, -0.25) is 4.79 Å². The summed E-state index contributed by atoms with van der Waals surface area (Å²) in [5, 5.41) is 3.79. The van der Waals surface area contributed by atoms with Gasteiger partial charge in [0.2, 0.25) is 0 Å². The highest BCUT2D eigenvalue weighted by molar-refractivity contribution is 5.98. The zero-order valence-electron chi connectivity index (χ0n) is 15.9. The molecular formula is C22H22N2O3. The highest BCUT2D eigenvalue weighted by atomic mass is 16.5. The van der Waals surface area contributed by atoms with Gasteiger partial charge >= 0.3 is 5.97 Å². The van der Waals surface area contributed by atoms with Crippen LogP contribution < -0.4 is 5.32 Å². The Hall–Kier alpha value is -3.21. The number of rotatable bonds is 4. The van der Waals surface area contributed by atoms with Crippen molar-refractivity contribution in [2.75, 3.05) is 5.32 Å². The number of fused-ring (bicyclic) bond motifs is 1. The summed E-state index contributed by atoms with van der Waals surface area (Å²) in [6.07, 6.45) is -0.939. The molecular weight excluding hydrogens is 340 g/mol. The third-order valence-electron chi connectivity index (χ3n) is 4.39. The van der Waals surface area contributed by atoms with Crippen molar-refractivity contribution >= 4 is 28.5 Å². The molecule has 2 aromatic carbocycles. The molecule has 3 aromatic rings. The molecule has 1 heterocycles. The molecule has 0 saturated carbocycles. The molecule has 1 aromatic heterocycles. The van der Waals surface area contributed by atoms with Crippen LogP contribution in [-0.4, -0.2) is 23.0 Å². The number of hydrogen-bond donors (Lipinski definition) is 1. The largest absolute Gasteiger partial charge is 0.448 e. The van der Waals surface area contributed by atoms with Gasteiger partial charge in [0.05, 0.1) is 5.52 Å². The minimum atomic E-state index is -0.939. The van der Waals surface area contributed by atoms with Crippen molar-refractivity contribution < 1.29 is 14.3 Å². The fourth-order valence-corrected chi connectivity index (χ4v) is 3.06. The number of anilines is 1. The average molecular weight is 362 g/mol. The second kappa shape index (κ2) is 7.58. The Labute approximate surface area is 158 Å². The molecule has 0 saturated heterocycles. The Kier molecular flexibility index (Phi) is 5.21. The minimum absolute atomic E-state index is 0.177. The van der Waals surface area contributed by atoms with E-state index < -0.39 is 12.1 Å². The fraction of sp³-hybridized carbons (Fsp3) is 0.227. The van der Waals surface area contributed by atoms with Gasteiger partial charge in [0.15, 0.2) is 6.10 Å². The van der Waals surface area contributed by atoms with Crippen molar-refractivity contribution in [3.05, 3.63) is 70.9 Å². The molecule has 1 amide bonds. The number of amides is 1. The lowest BCUT2D eigenvalue weighted by Crippen LogP contribution is -2.30. The van der Waals surface area contributed by atoms with Crippen LogP contribution in [0.15, 0.2) is 48.5 Å². The molecule has 0 unspecified atom stereocenters. The van der Waals surface area contributed by atoms with E-state index in [1.165, 1.54) is 0 Å². The number of benzene rings is 2. The van der Waals surface area contributed by atoms with E-state index >= 15 is 0 Å². The molecule has 1 atom stereocenters. The van der Waals surface area contributed by atoms with E-state index in [9.17, 15) is 9.59 Å². The number of carbonyl (C=O) groups is 2. The van der Waals surface area contributed by atoms with Gasteiger partial charge in [0, 0.05) is 11.1 Å². The van der Waals surface area contributed by atoms with Crippen molar-refractivity contribution in [2.24, 2.45) is 0 Å². The Morgan fingerprint density at radius 1 is 1.00 bits per heavy atom. The molecule has 0 fully saturated rings. The third-order valence-corrected chi connectivity index (χ3v) is 4.39. The number of aryl methyl sites for hydroxylation is 3. The first kappa shape index (κ1) is 18.6. The molecule has 5 heteroatoms. The van der Waals surface area contributed by atoms with Crippen molar-refractivity contribution in [1.29, 1.82) is 0 Å². The summed E-state index contributed by atoms with van der Waals surface area (Å²) >= 11 is 0. The maximum atomic E-state index is 12.5. The quantitative estimate of drug-likeness (QED) is 0.701. The second-order valence-corrected chi connectivity index (χ2v) is 6.70. The van der Waals surface area contributed by atoms with E-state index in [1.54, 1.807) is 13.0 Å². The first-order valence-electron chi connectivity index (χ1n) is 8.80. The van der Waals surface area contributed by atoms with Gasteiger partial charge in [-0.2, -0.15) is 0 Å². The van der Waals surface area contributed by atoms with E-state index in [4.69, 9.17) is 4.74 Å². The fourth-order valence-electron chi connectivity index (χ4n) is 3.06. The molecule has 0 spiro atoms. The summed E-state index contributed by atoms with van der Waals surface area (Å²) in [4.78, 5) is 29.1. The molecule has 138 valence electrons. The molecule has 0 radical (unpaired) electrons. The lowest BCUT2D eigenvalue weighted by atomic mass is 10.0. The van der Waals surface area contributed by atoms with Crippen LogP contribution in [-0.2, 0) is 9.53 Å². The molecule has 0 aliphatic carbocycles. The van der Waals surface area contributed by atoms with Crippen LogP contribution >= 0.6 is 0 Å². The van der Waals surface area contributed by atoms with Crippen molar-refractivity contribution in [3.63, 3.8) is 0 Å². The normalized spacial score (nSPS) is 11.9. The van der Waals surface area contributed by atoms with Crippen LogP contribution in [0.2, 0.25) is 0 Å². The standard InChI is InChI=1S/C22H22N2O3/c1-13-11-14(2)20(15(3)12-13)24-21(25)16(4)27-22(26)19-10-9-17-7-5-6-8-18(17)23-19/h5-12,16H,1-4H3,(H,24,25)/t16-/m1/s1. The maximum Gasteiger partial charge on any atom is 0.357 e. The van der Waals surface area contributed by atoms with Gasteiger partial charge < -0.3 is 10.1 Å². The van der Waals surface area contributed by atoms with Crippen molar-refractivity contribution in [3.8, 4) is 0 Å². The first-order chi connectivity index (χ1) is 12.8. The van der Waals surface area contributed by atoms with E-state index in [0.717, 1.165) is 27.8 Å². The highest BCUT2D eigenvalue weighted by Gasteiger charge is 2.21. The number of para-hydroxylation sites is 1. The molecule has 1 N–H and O–H groups in total. The SMILES string of the molecule is Cc1cc(C)c(NC(=O)[C@@H](C)OC(=O)c2ccc3ccccc3n2)c(C)c1. The number of nitrogens with one attached hydrogen (secondary N) is 1. The summed E-state index contributed by atoms with van der Waals surface area (Å²) in [6.45, 7) is 7.43. The smallest absolute Gasteiger partial charge is 0.357 e. The van der Waals surface area contributed by atoms with Gasteiger partial charge in [0.25, 0.3) is 5.91 Å².